The number of sulfonamides is 1. The molecule has 1 saturated carbocycles. The second-order valence-corrected chi connectivity index (χ2v) is 6.37. The molecule has 0 aromatic heterocycles. The number of nitrogens with zero attached hydrogens (tertiary/aromatic N) is 1. The first-order valence-electron chi connectivity index (χ1n) is 6.30. The van der Waals surface area contributed by atoms with Crippen molar-refractivity contribution in [2.24, 2.45) is 5.92 Å². The second kappa shape index (κ2) is 6.03. The molecule has 1 aromatic carbocycles. The lowest BCUT2D eigenvalue weighted by Crippen LogP contribution is -2.35. The summed E-state index contributed by atoms with van der Waals surface area (Å²) in [7, 11) is -3.65. The van der Waals surface area contributed by atoms with Crippen LogP contribution in [0.5, 0.6) is 0 Å². The molecule has 7 heteroatoms. The fraction of sp³-hybridized carbons (Fsp3) is 0.385. The third-order valence-corrected chi connectivity index (χ3v) is 4.40. The Balaban J connectivity index is 1.86. The van der Waals surface area contributed by atoms with Crippen LogP contribution in [0.3, 0.4) is 0 Å². The molecule has 2 rings (SSSR count). The van der Waals surface area contributed by atoms with Crippen molar-refractivity contribution in [3.63, 3.8) is 0 Å². The van der Waals surface area contributed by atoms with Crippen molar-refractivity contribution in [1.29, 1.82) is 5.26 Å². The minimum absolute atomic E-state index is 0.0179. The molecular formula is C13H15N3O3S. The van der Waals surface area contributed by atoms with Crippen LogP contribution in [0.1, 0.15) is 18.4 Å². The van der Waals surface area contributed by atoms with E-state index in [0.29, 0.717) is 0 Å². The Hall–Kier alpha value is -1.91. The van der Waals surface area contributed by atoms with E-state index in [2.05, 4.69) is 10.0 Å². The topological polar surface area (TPSA) is 99.1 Å². The molecule has 106 valence electrons. The van der Waals surface area contributed by atoms with Crippen molar-refractivity contribution in [2.75, 3.05) is 13.1 Å². The highest BCUT2D eigenvalue weighted by Gasteiger charge is 2.29. The van der Waals surface area contributed by atoms with Gasteiger partial charge in [-0.05, 0) is 31.0 Å². The Morgan fingerprint density at radius 3 is 2.75 bits per heavy atom. The van der Waals surface area contributed by atoms with E-state index < -0.39 is 10.0 Å². The van der Waals surface area contributed by atoms with Gasteiger partial charge in [0, 0.05) is 19.0 Å². The molecule has 0 aliphatic heterocycles. The fourth-order valence-electron chi connectivity index (χ4n) is 1.68. The van der Waals surface area contributed by atoms with E-state index >= 15 is 0 Å². The van der Waals surface area contributed by atoms with Gasteiger partial charge in [-0.1, -0.05) is 6.07 Å². The lowest BCUT2D eigenvalue weighted by molar-refractivity contribution is -0.122. The summed E-state index contributed by atoms with van der Waals surface area (Å²) in [5.41, 5.74) is 0.287. The zero-order chi connectivity index (χ0) is 14.6. The number of carbonyl (C=O) groups is 1. The van der Waals surface area contributed by atoms with Gasteiger partial charge in [-0.3, -0.25) is 4.79 Å². The lowest BCUT2D eigenvalue weighted by Gasteiger charge is -2.08. The molecule has 20 heavy (non-hydrogen) atoms. The Bertz CT molecular complexity index is 645. The predicted octanol–water partition coefficient (Wildman–Crippen LogP) is 0.363. The average molecular weight is 293 g/mol. The van der Waals surface area contributed by atoms with E-state index in [4.69, 9.17) is 5.26 Å². The zero-order valence-corrected chi connectivity index (χ0v) is 11.6. The summed E-state index contributed by atoms with van der Waals surface area (Å²) in [6.07, 6.45) is 1.83. The van der Waals surface area contributed by atoms with Crippen molar-refractivity contribution in [3.05, 3.63) is 29.8 Å². The number of benzene rings is 1. The van der Waals surface area contributed by atoms with E-state index in [-0.39, 0.29) is 35.4 Å². The van der Waals surface area contributed by atoms with Crippen molar-refractivity contribution in [1.82, 2.24) is 10.0 Å². The first-order chi connectivity index (χ1) is 9.53. The molecule has 0 atom stereocenters. The number of carbonyl (C=O) groups excluding carboxylic acids is 1. The monoisotopic (exact) mass is 293 g/mol. The average Bonchev–Trinajstić information content (AvgIpc) is 3.28. The molecule has 1 amide bonds. The van der Waals surface area contributed by atoms with Gasteiger partial charge < -0.3 is 5.32 Å². The van der Waals surface area contributed by atoms with Crippen LogP contribution in [0.2, 0.25) is 0 Å². The van der Waals surface area contributed by atoms with Crippen LogP contribution in [-0.4, -0.2) is 27.4 Å². The first-order valence-corrected chi connectivity index (χ1v) is 7.79. The van der Waals surface area contributed by atoms with Gasteiger partial charge in [0.25, 0.3) is 0 Å². The van der Waals surface area contributed by atoms with Crippen LogP contribution in [0.15, 0.2) is 29.2 Å². The van der Waals surface area contributed by atoms with Crippen LogP contribution in [0.25, 0.3) is 0 Å². The summed E-state index contributed by atoms with van der Waals surface area (Å²) in [5, 5.41) is 11.4. The van der Waals surface area contributed by atoms with E-state index in [1.807, 2.05) is 6.07 Å². The molecule has 6 nitrogen and oxygen atoms in total. The van der Waals surface area contributed by atoms with Crippen molar-refractivity contribution in [2.45, 2.75) is 17.7 Å². The Morgan fingerprint density at radius 2 is 2.10 bits per heavy atom. The van der Waals surface area contributed by atoms with Crippen LogP contribution >= 0.6 is 0 Å². The molecule has 1 aromatic rings. The largest absolute Gasteiger partial charge is 0.355 e. The third-order valence-electron chi connectivity index (χ3n) is 2.94. The zero-order valence-electron chi connectivity index (χ0n) is 10.8. The molecule has 0 heterocycles. The second-order valence-electron chi connectivity index (χ2n) is 4.60. The highest BCUT2D eigenvalue weighted by atomic mass is 32.2. The number of hydrogen-bond acceptors (Lipinski definition) is 4. The summed E-state index contributed by atoms with van der Waals surface area (Å²) in [6, 6.07) is 7.68. The van der Waals surface area contributed by atoms with Crippen molar-refractivity contribution >= 4 is 15.9 Å². The fourth-order valence-corrected chi connectivity index (χ4v) is 2.75. The maximum Gasteiger partial charge on any atom is 0.240 e. The standard InChI is InChI=1S/C13H15N3O3S/c14-9-10-2-1-3-12(8-10)20(18,19)16-7-6-15-13(17)11-4-5-11/h1-3,8,11,16H,4-7H2,(H,15,17). The van der Waals surface area contributed by atoms with E-state index in [9.17, 15) is 13.2 Å². The summed E-state index contributed by atoms with van der Waals surface area (Å²) < 4.78 is 26.3. The van der Waals surface area contributed by atoms with Crippen molar-refractivity contribution in [3.8, 4) is 6.07 Å². The molecule has 0 saturated heterocycles. The highest BCUT2D eigenvalue weighted by Crippen LogP contribution is 2.28. The maximum absolute atomic E-state index is 12.0. The van der Waals surface area contributed by atoms with Gasteiger partial charge in [-0.2, -0.15) is 5.26 Å². The van der Waals surface area contributed by atoms with Gasteiger partial charge in [0.2, 0.25) is 15.9 Å². The van der Waals surface area contributed by atoms with Gasteiger partial charge in [0.15, 0.2) is 0 Å². The highest BCUT2D eigenvalue weighted by molar-refractivity contribution is 7.89. The summed E-state index contributed by atoms with van der Waals surface area (Å²) in [6.45, 7) is 0.379. The molecule has 0 spiro atoms. The molecule has 1 aliphatic rings. The van der Waals surface area contributed by atoms with Crippen LogP contribution in [0.4, 0.5) is 0 Å². The van der Waals surface area contributed by atoms with Gasteiger partial charge >= 0.3 is 0 Å². The molecule has 0 unspecified atom stereocenters. The summed E-state index contributed by atoms with van der Waals surface area (Å²) in [4.78, 5) is 11.4. The SMILES string of the molecule is N#Cc1cccc(S(=O)(=O)NCCNC(=O)C2CC2)c1. The Kier molecular flexibility index (Phi) is 4.37. The smallest absolute Gasteiger partial charge is 0.240 e. The number of rotatable bonds is 6. The number of hydrogen-bond donors (Lipinski definition) is 2. The van der Waals surface area contributed by atoms with Gasteiger partial charge in [-0.25, -0.2) is 13.1 Å². The molecule has 2 N–H and O–H groups in total. The van der Waals surface area contributed by atoms with Crippen LogP contribution in [-0.2, 0) is 14.8 Å². The molecule has 1 aliphatic carbocycles. The number of nitriles is 1. The quantitative estimate of drug-likeness (QED) is 0.740. The normalized spacial score (nSPS) is 14.6. The van der Waals surface area contributed by atoms with E-state index in [1.165, 1.54) is 24.3 Å². The summed E-state index contributed by atoms with van der Waals surface area (Å²) >= 11 is 0. The minimum atomic E-state index is -3.65. The maximum atomic E-state index is 12.0. The Labute approximate surface area is 117 Å². The number of nitrogens with one attached hydrogen (secondary N) is 2. The van der Waals surface area contributed by atoms with E-state index in [1.54, 1.807) is 0 Å². The van der Waals surface area contributed by atoms with E-state index in [0.717, 1.165) is 12.8 Å². The summed E-state index contributed by atoms with van der Waals surface area (Å²) in [5.74, 6) is 0.0922. The Morgan fingerprint density at radius 1 is 1.35 bits per heavy atom. The van der Waals surface area contributed by atoms with Crippen LogP contribution in [0, 0.1) is 17.2 Å². The lowest BCUT2D eigenvalue weighted by atomic mass is 10.2. The van der Waals surface area contributed by atoms with Crippen LogP contribution < -0.4 is 10.0 Å². The van der Waals surface area contributed by atoms with Crippen molar-refractivity contribution < 1.29 is 13.2 Å². The minimum Gasteiger partial charge on any atom is -0.355 e. The van der Waals surface area contributed by atoms with Gasteiger partial charge in [-0.15, -0.1) is 0 Å². The molecule has 0 radical (unpaired) electrons. The third kappa shape index (κ3) is 3.79. The molecule has 0 bridgehead atoms. The first kappa shape index (κ1) is 14.5. The molecular weight excluding hydrogens is 278 g/mol. The predicted molar refractivity (Wildman–Crippen MR) is 72.1 cm³/mol. The van der Waals surface area contributed by atoms with Gasteiger partial charge in [0.1, 0.15) is 0 Å². The number of amides is 1. The molecule has 1 fully saturated rings. The van der Waals surface area contributed by atoms with Gasteiger partial charge in [0.05, 0.1) is 16.5 Å².